The Balaban J connectivity index is 1.80. The Morgan fingerprint density at radius 1 is 1.35 bits per heavy atom. The molecule has 0 radical (unpaired) electrons. The Morgan fingerprint density at radius 2 is 2.00 bits per heavy atom. The standard InChI is InChI=1S/C16H24N2O4S/c1-16(11-17)8-9-18(12-16)15(19)7-10-22-13-3-5-14(6-4-13)23(2,20)21/h3-6H,7-12,17H2,1-2H3. The van der Waals surface area contributed by atoms with Gasteiger partial charge in [0.15, 0.2) is 9.84 Å². The molecule has 1 aromatic carbocycles. The molecule has 0 spiro atoms. The quantitative estimate of drug-likeness (QED) is 0.836. The van der Waals surface area contributed by atoms with E-state index >= 15 is 0 Å². The lowest BCUT2D eigenvalue weighted by atomic mass is 9.90. The lowest BCUT2D eigenvalue weighted by molar-refractivity contribution is -0.131. The van der Waals surface area contributed by atoms with Gasteiger partial charge in [-0.3, -0.25) is 4.79 Å². The van der Waals surface area contributed by atoms with E-state index in [0.717, 1.165) is 19.2 Å². The highest BCUT2D eigenvalue weighted by atomic mass is 32.2. The van der Waals surface area contributed by atoms with E-state index < -0.39 is 9.84 Å². The highest BCUT2D eigenvalue weighted by Crippen LogP contribution is 2.28. The van der Waals surface area contributed by atoms with Crippen molar-refractivity contribution in [2.24, 2.45) is 11.1 Å². The van der Waals surface area contributed by atoms with Gasteiger partial charge in [0.25, 0.3) is 0 Å². The van der Waals surface area contributed by atoms with Gasteiger partial charge in [-0.25, -0.2) is 8.42 Å². The van der Waals surface area contributed by atoms with Crippen molar-refractivity contribution in [3.05, 3.63) is 24.3 Å². The maximum absolute atomic E-state index is 12.2. The summed E-state index contributed by atoms with van der Waals surface area (Å²) in [4.78, 5) is 14.2. The SMILES string of the molecule is CC1(CN)CCN(C(=O)CCOc2ccc(S(C)(=O)=O)cc2)C1. The average Bonchev–Trinajstić information content (AvgIpc) is 2.90. The van der Waals surface area contributed by atoms with Gasteiger partial charge in [0, 0.05) is 19.3 Å². The van der Waals surface area contributed by atoms with Crippen LogP contribution in [0.1, 0.15) is 19.8 Å². The fourth-order valence-electron chi connectivity index (χ4n) is 2.60. The molecular weight excluding hydrogens is 316 g/mol. The van der Waals surface area contributed by atoms with E-state index in [1.54, 1.807) is 12.1 Å². The van der Waals surface area contributed by atoms with Crippen molar-refractivity contribution >= 4 is 15.7 Å². The lowest BCUT2D eigenvalue weighted by Gasteiger charge is -2.22. The molecule has 6 nitrogen and oxygen atoms in total. The van der Waals surface area contributed by atoms with Crippen molar-refractivity contribution in [1.29, 1.82) is 0 Å². The molecule has 0 saturated carbocycles. The molecule has 1 aliphatic rings. The van der Waals surface area contributed by atoms with Crippen LogP contribution in [0.2, 0.25) is 0 Å². The van der Waals surface area contributed by atoms with Crippen LogP contribution in [0.3, 0.4) is 0 Å². The number of carbonyl (C=O) groups is 1. The van der Waals surface area contributed by atoms with Crippen molar-refractivity contribution in [1.82, 2.24) is 4.90 Å². The van der Waals surface area contributed by atoms with E-state index in [4.69, 9.17) is 10.5 Å². The number of benzene rings is 1. The zero-order chi connectivity index (χ0) is 17.1. The maximum Gasteiger partial charge on any atom is 0.226 e. The van der Waals surface area contributed by atoms with Crippen LogP contribution in [0.5, 0.6) is 5.75 Å². The summed E-state index contributed by atoms with van der Waals surface area (Å²) in [5.41, 5.74) is 5.77. The van der Waals surface area contributed by atoms with E-state index in [0.29, 0.717) is 25.3 Å². The lowest BCUT2D eigenvalue weighted by Crippen LogP contribution is -2.35. The number of ether oxygens (including phenoxy) is 1. The molecule has 1 amide bonds. The number of likely N-dealkylation sites (tertiary alicyclic amines) is 1. The Labute approximate surface area is 137 Å². The van der Waals surface area contributed by atoms with Crippen LogP contribution in [0.15, 0.2) is 29.2 Å². The summed E-state index contributed by atoms with van der Waals surface area (Å²) in [6.45, 7) is 4.40. The topological polar surface area (TPSA) is 89.7 Å². The van der Waals surface area contributed by atoms with E-state index in [-0.39, 0.29) is 22.8 Å². The summed E-state index contributed by atoms with van der Waals surface area (Å²) in [5.74, 6) is 0.619. The molecule has 0 aliphatic carbocycles. The van der Waals surface area contributed by atoms with E-state index in [1.807, 2.05) is 4.90 Å². The summed E-state index contributed by atoms with van der Waals surface area (Å²) in [6, 6.07) is 6.20. The van der Waals surface area contributed by atoms with Gasteiger partial charge in [-0.1, -0.05) is 6.92 Å². The van der Waals surface area contributed by atoms with Crippen LogP contribution in [0.4, 0.5) is 0 Å². The molecule has 2 N–H and O–H groups in total. The van der Waals surface area contributed by atoms with Crippen LogP contribution in [0, 0.1) is 5.41 Å². The van der Waals surface area contributed by atoms with Crippen LogP contribution >= 0.6 is 0 Å². The summed E-state index contributed by atoms with van der Waals surface area (Å²) in [5, 5.41) is 0. The smallest absolute Gasteiger partial charge is 0.226 e. The number of nitrogens with zero attached hydrogens (tertiary/aromatic N) is 1. The molecule has 0 bridgehead atoms. The van der Waals surface area contributed by atoms with Crippen molar-refractivity contribution in [3.8, 4) is 5.75 Å². The number of carbonyl (C=O) groups excluding carboxylic acids is 1. The minimum absolute atomic E-state index is 0.0258. The van der Waals surface area contributed by atoms with Crippen molar-refractivity contribution in [2.45, 2.75) is 24.7 Å². The Bertz CT molecular complexity index is 657. The van der Waals surface area contributed by atoms with Crippen LogP contribution in [-0.2, 0) is 14.6 Å². The molecule has 2 rings (SSSR count). The predicted octanol–water partition coefficient (Wildman–Crippen LogP) is 1.06. The molecule has 1 atom stereocenters. The second-order valence-corrected chi connectivity index (χ2v) is 8.44. The molecule has 128 valence electrons. The third kappa shape index (κ3) is 4.68. The zero-order valence-electron chi connectivity index (χ0n) is 13.6. The molecular formula is C16H24N2O4S. The van der Waals surface area contributed by atoms with Gasteiger partial charge in [0.2, 0.25) is 5.91 Å². The Morgan fingerprint density at radius 3 is 2.52 bits per heavy atom. The molecule has 1 aromatic rings. The van der Waals surface area contributed by atoms with Crippen molar-refractivity contribution in [2.75, 3.05) is 32.5 Å². The van der Waals surface area contributed by atoms with Gasteiger partial charge < -0.3 is 15.4 Å². The van der Waals surface area contributed by atoms with Gasteiger partial charge in [-0.2, -0.15) is 0 Å². The zero-order valence-corrected chi connectivity index (χ0v) is 14.4. The molecule has 1 heterocycles. The molecule has 1 unspecified atom stereocenters. The molecule has 1 aliphatic heterocycles. The van der Waals surface area contributed by atoms with Gasteiger partial charge in [0.1, 0.15) is 5.75 Å². The first kappa shape index (κ1) is 17.7. The summed E-state index contributed by atoms with van der Waals surface area (Å²) in [6.07, 6.45) is 2.39. The minimum atomic E-state index is -3.20. The summed E-state index contributed by atoms with van der Waals surface area (Å²) < 4.78 is 28.3. The predicted molar refractivity (Wildman–Crippen MR) is 88.0 cm³/mol. The van der Waals surface area contributed by atoms with Gasteiger partial charge in [-0.15, -0.1) is 0 Å². The molecule has 7 heteroatoms. The Hall–Kier alpha value is -1.60. The average molecular weight is 340 g/mol. The number of sulfone groups is 1. The van der Waals surface area contributed by atoms with E-state index in [1.165, 1.54) is 12.1 Å². The Kier molecular flexibility index (Phi) is 5.31. The molecule has 23 heavy (non-hydrogen) atoms. The number of amides is 1. The van der Waals surface area contributed by atoms with Crippen LogP contribution in [0.25, 0.3) is 0 Å². The third-order valence-electron chi connectivity index (χ3n) is 4.24. The normalized spacial score (nSPS) is 21.4. The van der Waals surface area contributed by atoms with E-state index in [9.17, 15) is 13.2 Å². The number of hydrogen-bond acceptors (Lipinski definition) is 5. The number of nitrogens with two attached hydrogens (primary N) is 1. The fraction of sp³-hybridized carbons (Fsp3) is 0.562. The first-order chi connectivity index (χ1) is 10.7. The van der Waals surface area contributed by atoms with Gasteiger partial charge in [-0.05, 0) is 42.6 Å². The fourth-order valence-corrected chi connectivity index (χ4v) is 3.23. The summed E-state index contributed by atoms with van der Waals surface area (Å²) in [7, 11) is -3.20. The van der Waals surface area contributed by atoms with Gasteiger partial charge >= 0.3 is 0 Å². The number of hydrogen-bond donors (Lipinski definition) is 1. The number of rotatable bonds is 6. The maximum atomic E-state index is 12.2. The molecule has 0 aromatic heterocycles. The van der Waals surface area contributed by atoms with Crippen LogP contribution < -0.4 is 10.5 Å². The second-order valence-electron chi connectivity index (χ2n) is 6.42. The second kappa shape index (κ2) is 6.88. The highest BCUT2D eigenvalue weighted by molar-refractivity contribution is 7.90. The van der Waals surface area contributed by atoms with Crippen LogP contribution in [-0.4, -0.2) is 51.7 Å². The van der Waals surface area contributed by atoms with E-state index in [2.05, 4.69) is 6.92 Å². The van der Waals surface area contributed by atoms with Crippen molar-refractivity contribution < 1.29 is 17.9 Å². The first-order valence-corrected chi connectivity index (χ1v) is 9.53. The monoisotopic (exact) mass is 340 g/mol. The first-order valence-electron chi connectivity index (χ1n) is 7.64. The largest absolute Gasteiger partial charge is 0.493 e. The molecule has 1 fully saturated rings. The summed E-state index contributed by atoms with van der Waals surface area (Å²) >= 11 is 0. The third-order valence-corrected chi connectivity index (χ3v) is 5.37. The molecule has 1 saturated heterocycles. The minimum Gasteiger partial charge on any atom is -0.493 e. The van der Waals surface area contributed by atoms with Crippen molar-refractivity contribution in [3.63, 3.8) is 0 Å². The highest BCUT2D eigenvalue weighted by Gasteiger charge is 2.34. The van der Waals surface area contributed by atoms with Gasteiger partial charge in [0.05, 0.1) is 17.9 Å².